The lowest BCUT2D eigenvalue weighted by atomic mass is 10.2. The summed E-state index contributed by atoms with van der Waals surface area (Å²) in [6, 6.07) is 11.4. The van der Waals surface area contributed by atoms with Gasteiger partial charge in [-0.05, 0) is 12.1 Å². The van der Waals surface area contributed by atoms with Gasteiger partial charge in [-0.1, -0.05) is 26.0 Å². The second kappa shape index (κ2) is 6.44. The number of rotatable bonds is 5. The van der Waals surface area contributed by atoms with Crippen molar-refractivity contribution in [3.05, 3.63) is 47.7 Å². The molecular weight excluding hydrogens is 290 g/mol. The molecule has 2 aromatic heterocycles. The van der Waals surface area contributed by atoms with Crippen molar-refractivity contribution in [1.29, 1.82) is 5.26 Å². The number of hydrogen-bond acceptors (Lipinski definition) is 6. The largest absolute Gasteiger partial charge is 0.440 e. The lowest BCUT2D eigenvalue weighted by Gasteiger charge is -2.10. The van der Waals surface area contributed by atoms with Crippen molar-refractivity contribution in [3.8, 4) is 6.07 Å². The SMILES string of the molecule is CCc1nc(C#N)cc(NCC(C)c2nc3ccccc3o2)n1. The number of fused-ring (bicyclic) bond motifs is 1. The number of aryl methyl sites for hydroxylation is 1. The highest BCUT2D eigenvalue weighted by molar-refractivity contribution is 5.72. The Hall–Kier alpha value is -2.94. The molecule has 0 saturated heterocycles. The third-order valence-electron chi connectivity index (χ3n) is 3.52. The van der Waals surface area contributed by atoms with Crippen LogP contribution in [0.3, 0.4) is 0 Å². The first kappa shape index (κ1) is 15.0. The van der Waals surface area contributed by atoms with Crippen LogP contribution in [0.4, 0.5) is 5.82 Å². The van der Waals surface area contributed by atoms with E-state index in [0.29, 0.717) is 36.2 Å². The molecular formula is C17H17N5O. The van der Waals surface area contributed by atoms with Crippen LogP contribution in [0.1, 0.15) is 37.2 Å². The highest BCUT2D eigenvalue weighted by Crippen LogP contribution is 2.21. The molecule has 6 heteroatoms. The summed E-state index contributed by atoms with van der Waals surface area (Å²) in [7, 11) is 0. The molecule has 3 rings (SSSR count). The van der Waals surface area contributed by atoms with Gasteiger partial charge < -0.3 is 9.73 Å². The number of hydrogen-bond donors (Lipinski definition) is 1. The van der Waals surface area contributed by atoms with Gasteiger partial charge in [0.1, 0.15) is 28.9 Å². The summed E-state index contributed by atoms with van der Waals surface area (Å²) >= 11 is 0. The molecule has 2 heterocycles. The molecule has 23 heavy (non-hydrogen) atoms. The van der Waals surface area contributed by atoms with Crippen LogP contribution < -0.4 is 5.32 Å². The molecule has 0 aliphatic rings. The Morgan fingerprint density at radius 1 is 1.26 bits per heavy atom. The Kier molecular flexibility index (Phi) is 4.20. The summed E-state index contributed by atoms with van der Waals surface area (Å²) in [4.78, 5) is 13.0. The smallest absolute Gasteiger partial charge is 0.200 e. The van der Waals surface area contributed by atoms with Crippen LogP contribution in [0, 0.1) is 11.3 Å². The fourth-order valence-electron chi connectivity index (χ4n) is 2.25. The van der Waals surface area contributed by atoms with Gasteiger partial charge >= 0.3 is 0 Å². The minimum absolute atomic E-state index is 0.0768. The number of nitrogens with zero attached hydrogens (tertiary/aromatic N) is 4. The number of nitrogens with one attached hydrogen (secondary N) is 1. The molecule has 0 fully saturated rings. The lowest BCUT2D eigenvalue weighted by Crippen LogP contribution is -2.12. The zero-order chi connectivity index (χ0) is 16.2. The van der Waals surface area contributed by atoms with Crippen LogP contribution in [0.25, 0.3) is 11.1 Å². The van der Waals surface area contributed by atoms with Crippen molar-refractivity contribution in [2.45, 2.75) is 26.2 Å². The van der Waals surface area contributed by atoms with Gasteiger partial charge in [-0.2, -0.15) is 5.26 Å². The van der Waals surface area contributed by atoms with E-state index in [-0.39, 0.29) is 5.92 Å². The highest BCUT2D eigenvalue weighted by Gasteiger charge is 2.14. The molecule has 1 atom stereocenters. The summed E-state index contributed by atoms with van der Waals surface area (Å²) in [5, 5.41) is 12.3. The van der Waals surface area contributed by atoms with Crippen LogP contribution in [0.15, 0.2) is 34.7 Å². The molecule has 0 bridgehead atoms. The standard InChI is InChI=1S/C17H17N5O/c1-3-15-20-12(9-18)8-16(22-15)19-10-11(2)17-21-13-6-4-5-7-14(13)23-17/h4-8,11H,3,10H2,1-2H3,(H,19,20,22). The minimum Gasteiger partial charge on any atom is -0.440 e. The number of aromatic nitrogens is 3. The lowest BCUT2D eigenvalue weighted by molar-refractivity contribution is 0.494. The van der Waals surface area contributed by atoms with Crippen molar-refractivity contribution in [2.75, 3.05) is 11.9 Å². The van der Waals surface area contributed by atoms with Crippen LogP contribution in [0.2, 0.25) is 0 Å². The van der Waals surface area contributed by atoms with Gasteiger partial charge in [-0.15, -0.1) is 0 Å². The van der Waals surface area contributed by atoms with Crippen molar-refractivity contribution < 1.29 is 4.42 Å². The van der Waals surface area contributed by atoms with Crippen molar-refractivity contribution in [1.82, 2.24) is 15.0 Å². The van der Waals surface area contributed by atoms with E-state index in [1.807, 2.05) is 38.1 Å². The maximum absolute atomic E-state index is 9.02. The van der Waals surface area contributed by atoms with Gasteiger partial charge in [-0.3, -0.25) is 0 Å². The maximum Gasteiger partial charge on any atom is 0.200 e. The van der Waals surface area contributed by atoms with E-state index >= 15 is 0 Å². The second-order valence-electron chi connectivity index (χ2n) is 5.32. The van der Waals surface area contributed by atoms with E-state index in [1.165, 1.54) is 0 Å². The Morgan fingerprint density at radius 2 is 2.09 bits per heavy atom. The first-order valence-corrected chi connectivity index (χ1v) is 7.57. The summed E-state index contributed by atoms with van der Waals surface area (Å²) in [5.41, 5.74) is 2.02. The van der Waals surface area contributed by atoms with E-state index in [4.69, 9.17) is 9.68 Å². The fourth-order valence-corrected chi connectivity index (χ4v) is 2.25. The Balaban J connectivity index is 1.73. The van der Waals surface area contributed by atoms with E-state index in [0.717, 1.165) is 11.1 Å². The number of benzene rings is 1. The molecule has 0 aliphatic heterocycles. The third kappa shape index (κ3) is 3.29. The normalized spacial score (nSPS) is 12.0. The van der Waals surface area contributed by atoms with Gasteiger partial charge in [0.05, 0.1) is 5.92 Å². The van der Waals surface area contributed by atoms with E-state index in [2.05, 4.69) is 26.3 Å². The quantitative estimate of drug-likeness (QED) is 0.778. The zero-order valence-corrected chi connectivity index (χ0v) is 13.1. The van der Waals surface area contributed by atoms with E-state index in [1.54, 1.807) is 6.07 Å². The number of nitriles is 1. The topological polar surface area (TPSA) is 87.6 Å². The molecule has 6 nitrogen and oxygen atoms in total. The van der Waals surface area contributed by atoms with Gasteiger partial charge in [0.15, 0.2) is 11.5 Å². The predicted octanol–water partition coefficient (Wildman–Crippen LogP) is 3.27. The molecule has 1 N–H and O–H groups in total. The van der Waals surface area contributed by atoms with Gasteiger partial charge in [0.25, 0.3) is 0 Å². The first-order valence-electron chi connectivity index (χ1n) is 7.57. The third-order valence-corrected chi connectivity index (χ3v) is 3.52. The van der Waals surface area contributed by atoms with E-state index in [9.17, 15) is 0 Å². The van der Waals surface area contributed by atoms with Crippen LogP contribution in [-0.4, -0.2) is 21.5 Å². The minimum atomic E-state index is 0.0768. The summed E-state index contributed by atoms with van der Waals surface area (Å²) < 4.78 is 5.77. The second-order valence-corrected chi connectivity index (χ2v) is 5.32. The molecule has 0 saturated carbocycles. The molecule has 0 spiro atoms. The van der Waals surface area contributed by atoms with Crippen LogP contribution >= 0.6 is 0 Å². The summed E-state index contributed by atoms with van der Waals surface area (Å²) in [6.45, 7) is 4.60. The van der Waals surface area contributed by atoms with Gasteiger partial charge in [0.2, 0.25) is 0 Å². The Morgan fingerprint density at radius 3 is 2.83 bits per heavy atom. The highest BCUT2D eigenvalue weighted by atomic mass is 16.3. The summed E-state index contributed by atoms with van der Waals surface area (Å²) in [5.74, 6) is 2.06. The zero-order valence-electron chi connectivity index (χ0n) is 13.1. The Labute approximate surface area is 134 Å². The molecule has 1 unspecified atom stereocenters. The van der Waals surface area contributed by atoms with Gasteiger partial charge in [-0.25, -0.2) is 15.0 Å². The Bertz CT molecular complexity index is 832. The maximum atomic E-state index is 9.02. The molecule has 0 amide bonds. The van der Waals surface area contributed by atoms with Crippen molar-refractivity contribution in [2.24, 2.45) is 0 Å². The fraction of sp³-hybridized carbons (Fsp3) is 0.294. The average Bonchev–Trinajstić information content (AvgIpc) is 3.03. The van der Waals surface area contributed by atoms with Crippen molar-refractivity contribution >= 4 is 16.9 Å². The average molecular weight is 307 g/mol. The molecule has 1 aromatic carbocycles. The van der Waals surface area contributed by atoms with Gasteiger partial charge in [0, 0.05) is 19.0 Å². The molecule has 116 valence electrons. The molecule has 3 aromatic rings. The van der Waals surface area contributed by atoms with E-state index < -0.39 is 0 Å². The van der Waals surface area contributed by atoms with Crippen LogP contribution in [-0.2, 0) is 6.42 Å². The number of oxazole rings is 1. The number of anilines is 1. The monoisotopic (exact) mass is 307 g/mol. The first-order chi connectivity index (χ1) is 11.2. The predicted molar refractivity (Wildman–Crippen MR) is 87.0 cm³/mol. The number of para-hydroxylation sites is 2. The van der Waals surface area contributed by atoms with Crippen LogP contribution in [0.5, 0.6) is 0 Å². The molecule has 0 radical (unpaired) electrons. The summed E-state index contributed by atoms with van der Waals surface area (Å²) in [6.07, 6.45) is 0.685. The van der Waals surface area contributed by atoms with Crippen molar-refractivity contribution in [3.63, 3.8) is 0 Å². The molecule has 0 aliphatic carbocycles.